The molecule has 1 amide bonds. The third kappa shape index (κ3) is 4.64. The van der Waals surface area contributed by atoms with Crippen molar-refractivity contribution in [3.8, 4) is 0 Å². The molecule has 1 aliphatic heterocycles. The van der Waals surface area contributed by atoms with Crippen LogP contribution in [0.25, 0.3) is 0 Å². The molecule has 1 rings (SSSR count). The Morgan fingerprint density at radius 2 is 2.11 bits per heavy atom. The lowest BCUT2D eigenvalue weighted by Crippen LogP contribution is -2.46. The monoisotopic (exact) mass is 257 g/mol. The Kier molecular flexibility index (Phi) is 5.59. The number of rotatable bonds is 5. The van der Waals surface area contributed by atoms with E-state index in [2.05, 4.69) is 5.32 Å². The molecule has 0 bridgehead atoms. The minimum Gasteiger partial charge on any atom is -0.480 e. The maximum Gasteiger partial charge on any atom is 0.326 e. The Bertz CT molecular complexity index is 303. The van der Waals surface area contributed by atoms with Gasteiger partial charge in [0.05, 0.1) is 6.10 Å². The largest absolute Gasteiger partial charge is 0.480 e. The first-order chi connectivity index (χ1) is 8.40. The molecule has 2 N–H and O–H groups in total. The van der Waals surface area contributed by atoms with Gasteiger partial charge in [-0.3, -0.25) is 4.79 Å². The van der Waals surface area contributed by atoms with Crippen LogP contribution in [0.2, 0.25) is 0 Å². The number of aliphatic carboxylic acids is 1. The summed E-state index contributed by atoms with van der Waals surface area (Å²) in [6.07, 6.45) is 1.87. The molecule has 2 unspecified atom stereocenters. The molecule has 0 aromatic rings. The van der Waals surface area contributed by atoms with Gasteiger partial charge in [0.1, 0.15) is 6.04 Å². The maximum atomic E-state index is 12.0. The zero-order valence-electron chi connectivity index (χ0n) is 11.3. The summed E-state index contributed by atoms with van der Waals surface area (Å²) < 4.78 is 5.38. The topological polar surface area (TPSA) is 75.6 Å². The fraction of sp³-hybridized carbons (Fsp3) is 0.846. The third-order valence-corrected chi connectivity index (χ3v) is 3.18. The highest BCUT2D eigenvalue weighted by Gasteiger charge is 2.29. The summed E-state index contributed by atoms with van der Waals surface area (Å²) in [6.45, 7) is 6.39. The van der Waals surface area contributed by atoms with Crippen molar-refractivity contribution in [3.05, 3.63) is 0 Å². The number of amides is 1. The highest BCUT2D eigenvalue weighted by Crippen LogP contribution is 2.20. The van der Waals surface area contributed by atoms with Gasteiger partial charge in [-0.1, -0.05) is 13.8 Å². The molecule has 3 atom stereocenters. The summed E-state index contributed by atoms with van der Waals surface area (Å²) in [7, 11) is 0. The zero-order valence-corrected chi connectivity index (χ0v) is 11.3. The summed E-state index contributed by atoms with van der Waals surface area (Å²) in [5, 5.41) is 11.7. The number of carboxylic acid groups (broad SMARTS) is 1. The van der Waals surface area contributed by atoms with Gasteiger partial charge in [-0.2, -0.15) is 0 Å². The lowest BCUT2D eigenvalue weighted by Gasteiger charge is -2.27. The van der Waals surface area contributed by atoms with Gasteiger partial charge in [-0.25, -0.2) is 4.79 Å². The van der Waals surface area contributed by atoms with Gasteiger partial charge in [0, 0.05) is 12.5 Å². The second-order valence-electron chi connectivity index (χ2n) is 5.43. The summed E-state index contributed by atoms with van der Waals surface area (Å²) in [6, 6.07) is -0.782. The minimum absolute atomic E-state index is 0.0721. The van der Waals surface area contributed by atoms with E-state index in [1.807, 2.05) is 20.8 Å². The predicted molar refractivity (Wildman–Crippen MR) is 67.2 cm³/mol. The van der Waals surface area contributed by atoms with Crippen molar-refractivity contribution in [2.75, 3.05) is 6.61 Å². The van der Waals surface area contributed by atoms with Gasteiger partial charge in [-0.05, 0) is 32.1 Å². The SMILES string of the molecule is CC(C)C[C@@H](NC(=O)C1CCOC(C)C1)C(=O)O. The molecule has 0 radical (unpaired) electrons. The molecule has 104 valence electrons. The average molecular weight is 257 g/mol. The molecule has 0 saturated carbocycles. The van der Waals surface area contributed by atoms with Crippen LogP contribution in [0.4, 0.5) is 0 Å². The Morgan fingerprint density at radius 3 is 2.61 bits per heavy atom. The van der Waals surface area contributed by atoms with E-state index in [1.165, 1.54) is 0 Å². The molecule has 18 heavy (non-hydrogen) atoms. The van der Waals surface area contributed by atoms with Crippen LogP contribution < -0.4 is 5.32 Å². The smallest absolute Gasteiger partial charge is 0.326 e. The number of carbonyl (C=O) groups excluding carboxylic acids is 1. The summed E-state index contributed by atoms with van der Waals surface area (Å²) in [5.41, 5.74) is 0. The third-order valence-electron chi connectivity index (χ3n) is 3.18. The maximum absolute atomic E-state index is 12.0. The van der Waals surface area contributed by atoms with E-state index in [4.69, 9.17) is 9.84 Å². The second kappa shape index (κ2) is 6.73. The summed E-state index contributed by atoms with van der Waals surface area (Å²) in [5.74, 6) is -1.00. The Balaban J connectivity index is 2.52. The molecule has 1 heterocycles. The molecule has 1 fully saturated rings. The zero-order chi connectivity index (χ0) is 13.7. The van der Waals surface area contributed by atoms with Crippen molar-refractivity contribution < 1.29 is 19.4 Å². The number of hydrogen-bond acceptors (Lipinski definition) is 3. The van der Waals surface area contributed by atoms with Gasteiger partial charge in [0.25, 0.3) is 0 Å². The van der Waals surface area contributed by atoms with E-state index in [9.17, 15) is 9.59 Å². The lowest BCUT2D eigenvalue weighted by molar-refractivity contribution is -0.143. The quantitative estimate of drug-likeness (QED) is 0.781. The first kappa shape index (κ1) is 15.0. The number of carboxylic acids is 1. The van der Waals surface area contributed by atoms with Gasteiger partial charge in [0.2, 0.25) is 5.91 Å². The van der Waals surface area contributed by atoms with Crippen molar-refractivity contribution in [2.24, 2.45) is 11.8 Å². The normalized spacial score (nSPS) is 25.8. The van der Waals surface area contributed by atoms with Crippen LogP contribution in [0, 0.1) is 11.8 Å². The molecular weight excluding hydrogens is 234 g/mol. The number of nitrogens with one attached hydrogen (secondary N) is 1. The standard InChI is InChI=1S/C13H23NO4/c1-8(2)6-11(13(16)17)14-12(15)10-4-5-18-9(3)7-10/h8-11H,4-7H2,1-3H3,(H,14,15)(H,16,17)/t9?,10?,11-/m1/s1. The van der Waals surface area contributed by atoms with E-state index in [-0.39, 0.29) is 23.8 Å². The fourth-order valence-electron chi connectivity index (χ4n) is 2.22. The van der Waals surface area contributed by atoms with Crippen LogP contribution in [0.1, 0.15) is 40.0 Å². The second-order valence-corrected chi connectivity index (χ2v) is 5.43. The molecule has 1 aliphatic rings. The number of ether oxygens (including phenoxy) is 1. The first-order valence-corrected chi connectivity index (χ1v) is 6.55. The van der Waals surface area contributed by atoms with Crippen molar-refractivity contribution in [3.63, 3.8) is 0 Å². The molecule has 5 nitrogen and oxygen atoms in total. The Labute approximate surface area is 108 Å². The van der Waals surface area contributed by atoms with Crippen molar-refractivity contribution in [1.82, 2.24) is 5.32 Å². The molecule has 0 aromatic heterocycles. The number of carbonyl (C=O) groups is 2. The summed E-state index contributed by atoms with van der Waals surface area (Å²) in [4.78, 5) is 23.1. The average Bonchev–Trinajstić information content (AvgIpc) is 2.27. The number of hydrogen-bond donors (Lipinski definition) is 2. The molecule has 0 spiro atoms. The van der Waals surface area contributed by atoms with Crippen LogP contribution in [0.3, 0.4) is 0 Å². The molecule has 1 saturated heterocycles. The summed E-state index contributed by atoms with van der Waals surface area (Å²) >= 11 is 0. The molecule has 5 heteroatoms. The lowest BCUT2D eigenvalue weighted by atomic mass is 9.94. The minimum atomic E-state index is -0.961. The Hall–Kier alpha value is -1.10. The van der Waals surface area contributed by atoms with Crippen LogP contribution in [-0.2, 0) is 14.3 Å². The van der Waals surface area contributed by atoms with Crippen LogP contribution >= 0.6 is 0 Å². The van der Waals surface area contributed by atoms with E-state index in [1.54, 1.807) is 0 Å². The van der Waals surface area contributed by atoms with E-state index < -0.39 is 12.0 Å². The molecule has 0 aliphatic carbocycles. The van der Waals surface area contributed by atoms with Gasteiger partial charge < -0.3 is 15.2 Å². The van der Waals surface area contributed by atoms with Gasteiger partial charge in [-0.15, -0.1) is 0 Å². The van der Waals surface area contributed by atoms with Crippen molar-refractivity contribution in [1.29, 1.82) is 0 Å². The van der Waals surface area contributed by atoms with Gasteiger partial charge >= 0.3 is 5.97 Å². The highest BCUT2D eigenvalue weighted by molar-refractivity contribution is 5.85. The molecular formula is C13H23NO4. The van der Waals surface area contributed by atoms with Crippen LogP contribution in [0.15, 0.2) is 0 Å². The van der Waals surface area contributed by atoms with E-state index in [0.717, 1.165) is 0 Å². The van der Waals surface area contributed by atoms with Gasteiger partial charge in [0.15, 0.2) is 0 Å². The predicted octanol–water partition coefficient (Wildman–Crippen LogP) is 1.42. The van der Waals surface area contributed by atoms with Crippen molar-refractivity contribution >= 4 is 11.9 Å². The van der Waals surface area contributed by atoms with E-state index in [0.29, 0.717) is 25.9 Å². The highest BCUT2D eigenvalue weighted by atomic mass is 16.5. The fourth-order valence-corrected chi connectivity index (χ4v) is 2.22. The van der Waals surface area contributed by atoms with Crippen LogP contribution in [0.5, 0.6) is 0 Å². The molecule has 0 aromatic carbocycles. The Morgan fingerprint density at radius 1 is 1.44 bits per heavy atom. The van der Waals surface area contributed by atoms with E-state index >= 15 is 0 Å². The first-order valence-electron chi connectivity index (χ1n) is 6.55. The van der Waals surface area contributed by atoms with Crippen molar-refractivity contribution in [2.45, 2.75) is 52.2 Å². The van der Waals surface area contributed by atoms with Crippen LogP contribution in [-0.4, -0.2) is 35.7 Å².